The number of rotatable bonds is 6. The van der Waals surface area contributed by atoms with Crippen LogP contribution in [0.2, 0.25) is 10.0 Å². The molecule has 0 atom stereocenters. The van der Waals surface area contributed by atoms with Crippen molar-refractivity contribution in [1.29, 1.82) is 0 Å². The van der Waals surface area contributed by atoms with Crippen molar-refractivity contribution in [2.75, 3.05) is 5.32 Å². The molecule has 0 fully saturated rings. The lowest BCUT2D eigenvalue weighted by Gasteiger charge is -2.04. The fourth-order valence-electron chi connectivity index (χ4n) is 2.61. The van der Waals surface area contributed by atoms with Crippen molar-refractivity contribution in [2.24, 2.45) is 0 Å². The Morgan fingerprint density at radius 2 is 1.89 bits per heavy atom. The van der Waals surface area contributed by atoms with E-state index in [1.54, 1.807) is 18.3 Å². The zero-order valence-electron chi connectivity index (χ0n) is 15.6. The minimum atomic E-state index is -0.205. The molecule has 0 aliphatic carbocycles. The summed E-state index contributed by atoms with van der Waals surface area (Å²) < 4.78 is 0. The average Bonchev–Trinajstić information content (AvgIpc) is 3.10. The number of thiazole rings is 1. The second kappa shape index (κ2) is 9.37. The van der Waals surface area contributed by atoms with Gasteiger partial charge in [0.15, 0.2) is 5.13 Å². The number of hydrogen-bond acceptors (Lipinski definition) is 3. The number of anilines is 1. The Kier molecular flexibility index (Phi) is 6.89. The molecule has 144 valence electrons. The van der Waals surface area contributed by atoms with E-state index >= 15 is 0 Å². The summed E-state index contributed by atoms with van der Waals surface area (Å²) in [4.78, 5) is 17.4. The molecule has 0 spiro atoms. The molecule has 1 aromatic heterocycles. The van der Waals surface area contributed by atoms with Gasteiger partial charge in [-0.15, -0.1) is 11.3 Å². The summed E-state index contributed by atoms with van der Waals surface area (Å²) in [6, 6.07) is 13.7. The van der Waals surface area contributed by atoms with Crippen LogP contribution in [-0.4, -0.2) is 10.9 Å². The standard InChI is InChI=1S/C22H20Cl2N2OS/c1-14(2)17-7-3-15(4-8-17)6-10-21(27)26-22-25-13-18(28-22)11-16-5-9-19(23)20(24)12-16/h3-10,12-14H,11H2,1-2H3,(H,25,26,27)/b10-6+. The van der Waals surface area contributed by atoms with E-state index in [-0.39, 0.29) is 5.91 Å². The van der Waals surface area contributed by atoms with Gasteiger partial charge in [-0.2, -0.15) is 0 Å². The molecule has 3 aromatic rings. The molecule has 0 unspecified atom stereocenters. The minimum Gasteiger partial charge on any atom is -0.298 e. The highest BCUT2D eigenvalue weighted by Gasteiger charge is 2.07. The van der Waals surface area contributed by atoms with Crippen LogP contribution < -0.4 is 5.32 Å². The molecular formula is C22H20Cl2N2OS. The van der Waals surface area contributed by atoms with E-state index in [1.165, 1.54) is 23.0 Å². The van der Waals surface area contributed by atoms with Gasteiger partial charge < -0.3 is 0 Å². The number of halogens is 2. The van der Waals surface area contributed by atoms with Crippen molar-refractivity contribution < 1.29 is 4.79 Å². The van der Waals surface area contributed by atoms with Crippen molar-refractivity contribution in [3.63, 3.8) is 0 Å². The molecule has 1 heterocycles. The lowest BCUT2D eigenvalue weighted by atomic mass is 10.0. The zero-order chi connectivity index (χ0) is 20.1. The number of benzene rings is 2. The molecule has 3 rings (SSSR count). The van der Waals surface area contributed by atoms with E-state index in [2.05, 4.69) is 36.3 Å². The maximum absolute atomic E-state index is 12.1. The number of nitrogens with one attached hydrogen (secondary N) is 1. The van der Waals surface area contributed by atoms with E-state index in [0.29, 0.717) is 27.5 Å². The summed E-state index contributed by atoms with van der Waals surface area (Å²) in [6.45, 7) is 4.31. The summed E-state index contributed by atoms with van der Waals surface area (Å²) in [6.07, 6.45) is 5.76. The molecule has 6 heteroatoms. The lowest BCUT2D eigenvalue weighted by Crippen LogP contribution is -2.07. The second-order valence-corrected chi connectivity index (χ2v) is 8.63. The molecule has 28 heavy (non-hydrogen) atoms. The molecule has 0 aliphatic heterocycles. The van der Waals surface area contributed by atoms with Crippen molar-refractivity contribution in [1.82, 2.24) is 4.98 Å². The van der Waals surface area contributed by atoms with Crippen LogP contribution in [0.4, 0.5) is 5.13 Å². The molecule has 0 radical (unpaired) electrons. The number of nitrogens with zero attached hydrogens (tertiary/aromatic N) is 1. The van der Waals surface area contributed by atoms with E-state index in [4.69, 9.17) is 23.2 Å². The predicted molar refractivity (Wildman–Crippen MR) is 120 cm³/mol. The van der Waals surface area contributed by atoms with Crippen molar-refractivity contribution in [2.45, 2.75) is 26.2 Å². The lowest BCUT2D eigenvalue weighted by molar-refractivity contribution is -0.111. The molecule has 0 saturated carbocycles. The largest absolute Gasteiger partial charge is 0.298 e. The maximum atomic E-state index is 12.1. The topological polar surface area (TPSA) is 42.0 Å². The monoisotopic (exact) mass is 430 g/mol. The Hall–Kier alpha value is -2.14. The van der Waals surface area contributed by atoms with Crippen LogP contribution in [0, 0.1) is 0 Å². The number of amides is 1. The van der Waals surface area contributed by atoms with Crippen LogP contribution >= 0.6 is 34.5 Å². The fraction of sp³-hybridized carbons (Fsp3) is 0.182. The first kappa shape index (κ1) is 20.6. The Balaban J connectivity index is 1.58. The van der Waals surface area contributed by atoms with E-state index in [0.717, 1.165) is 16.0 Å². The number of hydrogen-bond donors (Lipinski definition) is 1. The van der Waals surface area contributed by atoms with Gasteiger partial charge in [0.25, 0.3) is 0 Å². The average molecular weight is 431 g/mol. The first-order chi connectivity index (χ1) is 13.4. The van der Waals surface area contributed by atoms with Crippen LogP contribution in [0.15, 0.2) is 54.7 Å². The Bertz CT molecular complexity index is 994. The van der Waals surface area contributed by atoms with Gasteiger partial charge in [0.1, 0.15) is 0 Å². The second-order valence-electron chi connectivity index (χ2n) is 6.70. The van der Waals surface area contributed by atoms with Gasteiger partial charge in [-0.1, -0.05) is 67.4 Å². The number of aromatic nitrogens is 1. The van der Waals surface area contributed by atoms with Crippen LogP contribution in [-0.2, 0) is 11.2 Å². The third kappa shape index (κ3) is 5.68. The molecule has 0 aliphatic rings. The third-order valence-corrected chi connectivity index (χ3v) is 5.83. The maximum Gasteiger partial charge on any atom is 0.250 e. The molecule has 1 N–H and O–H groups in total. The van der Waals surface area contributed by atoms with Gasteiger partial charge in [0.05, 0.1) is 10.0 Å². The fourth-order valence-corrected chi connectivity index (χ4v) is 3.78. The molecule has 3 nitrogen and oxygen atoms in total. The minimum absolute atomic E-state index is 0.205. The summed E-state index contributed by atoms with van der Waals surface area (Å²) >= 11 is 13.4. The first-order valence-electron chi connectivity index (χ1n) is 8.88. The zero-order valence-corrected chi connectivity index (χ0v) is 17.9. The number of carbonyl (C=O) groups excluding carboxylic acids is 1. The highest BCUT2D eigenvalue weighted by molar-refractivity contribution is 7.15. The highest BCUT2D eigenvalue weighted by Crippen LogP contribution is 2.26. The third-order valence-electron chi connectivity index (χ3n) is 4.18. The van der Waals surface area contributed by atoms with E-state index in [9.17, 15) is 4.79 Å². The first-order valence-corrected chi connectivity index (χ1v) is 10.5. The smallest absolute Gasteiger partial charge is 0.250 e. The summed E-state index contributed by atoms with van der Waals surface area (Å²) in [5, 5.41) is 4.44. The van der Waals surface area contributed by atoms with E-state index < -0.39 is 0 Å². The molecular weight excluding hydrogens is 411 g/mol. The summed E-state index contributed by atoms with van der Waals surface area (Å²) in [5.74, 6) is 0.285. The van der Waals surface area contributed by atoms with Gasteiger partial charge in [-0.05, 0) is 40.8 Å². The number of carbonyl (C=O) groups is 1. The summed E-state index contributed by atoms with van der Waals surface area (Å²) in [7, 11) is 0. The van der Waals surface area contributed by atoms with Gasteiger partial charge in [-0.3, -0.25) is 10.1 Å². The SMILES string of the molecule is CC(C)c1ccc(/C=C/C(=O)Nc2ncc(Cc3ccc(Cl)c(Cl)c3)s2)cc1. The predicted octanol–water partition coefficient (Wildman–Crippen LogP) is 6.82. The van der Waals surface area contributed by atoms with Crippen molar-refractivity contribution in [3.05, 3.63) is 86.4 Å². The normalized spacial score (nSPS) is 11.3. The Morgan fingerprint density at radius 1 is 1.14 bits per heavy atom. The van der Waals surface area contributed by atoms with Crippen molar-refractivity contribution in [3.8, 4) is 0 Å². The summed E-state index contributed by atoms with van der Waals surface area (Å²) in [5.41, 5.74) is 3.30. The van der Waals surface area contributed by atoms with Gasteiger partial charge in [-0.25, -0.2) is 4.98 Å². The molecule has 2 aromatic carbocycles. The van der Waals surface area contributed by atoms with Gasteiger partial charge >= 0.3 is 0 Å². The Morgan fingerprint density at radius 3 is 2.57 bits per heavy atom. The van der Waals surface area contributed by atoms with Crippen LogP contribution in [0.1, 0.15) is 41.3 Å². The van der Waals surface area contributed by atoms with Crippen LogP contribution in [0.3, 0.4) is 0 Å². The Labute approximate surface area is 179 Å². The van der Waals surface area contributed by atoms with Crippen LogP contribution in [0.5, 0.6) is 0 Å². The van der Waals surface area contributed by atoms with Crippen molar-refractivity contribution >= 4 is 51.7 Å². The molecule has 1 amide bonds. The van der Waals surface area contributed by atoms with Crippen LogP contribution in [0.25, 0.3) is 6.08 Å². The molecule has 0 bridgehead atoms. The highest BCUT2D eigenvalue weighted by atomic mass is 35.5. The van der Waals surface area contributed by atoms with Gasteiger partial charge in [0.2, 0.25) is 5.91 Å². The quantitative estimate of drug-likeness (QED) is 0.436. The van der Waals surface area contributed by atoms with Gasteiger partial charge in [0, 0.05) is 23.6 Å². The molecule has 0 saturated heterocycles. The van der Waals surface area contributed by atoms with E-state index in [1.807, 2.05) is 24.3 Å².